The molecule has 0 heterocycles. The second kappa shape index (κ2) is 7.43. The molecule has 0 radical (unpaired) electrons. The molecule has 0 aromatic carbocycles. The summed E-state index contributed by atoms with van der Waals surface area (Å²) in [5.74, 6) is -3.57. The van der Waals surface area contributed by atoms with Crippen LogP contribution in [0.2, 0.25) is 0 Å². The molecule has 0 amide bonds. The SMILES string of the molecule is CCOC(=O)CCS(=O)(=O)N(CC(=O)O)CC(F)(F)F. The van der Waals surface area contributed by atoms with Crippen LogP contribution >= 0.6 is 0 Å². The maximum Gasteiger partial charge on any atom is 0.402 e. The number of esters is 1. The van der Waals surface area contributed by atoms with Crippen LogP contribution in [-0.4, -0.2) is 61.4 Å². The average Bonchev–Trinajstić information content (AvgIpc) is 2.23. The van der Waals surface area contributed by atoms with Gasteiger partial charge in [0.15, 0.2) is 0 Å². The number of sulfonamides is 1. The van der Waals surface area contributed by atoms with Gasteiger partial charge in [-0.15, -0.1) is 0 Å². The Kier molecular flexibility index (Phi) is 6.92. The van der Waals surface area contributed by atoms with Gasteiger partial charge in [-0.1, -0.05) is 0 Å². The highest BCUT2D eigenvalue weighted by atomic mass is 32.2. The van der Waals surface area contributed by atoms with Crippen LogP contribution in [0.25, 0.3) is 0 Å². The molecule has 0 atom stereocenters. The summed E-state index contributed by atoms with van der Waals surface area (Å²) in [5.41, 5.74) is 0. The van der Waals surface area contributed by atoms with E-state index in [1.807, 2.05) is 0 Å². The molecule has 0 aliphatic carbocycles. The lowest BCUT2D eigenvalue weighted by molar-refractivity contribution is -0.146. The lowest BCUT2D eigenvalue weighted by atomic mass is 10.5. The van der Waals surface area contributed by atoms with Crippen molar-refractivity contribution in [1.82, 2.24) is 4.31 Å². The van der Waals surface area contributed by atoms with Gasteiger partial charge in [0.2, 0.25) is 10.0 Å². The first-order valence-corrected chi connectivity index (χ1v) is 7.01. The predicted molar refractivity (Wildman–Crippen MR) is 60.3 cm³/mol. The number of carboxylic acid groups (broad SMARTS) is 1. The summed E-state index contributed by atoms with van der Waals surface area (Å²) in [4.78, 5) is 21.4. The van der Waals surface area contributed by atoms with Crippen LogP contribution in [0.3, 0.4) is 0 Å². The topological polar surface area (TPSA) is 101 Å². The molecule has 0 saturated carbocycles. The third-order valence-electron chi connectivity index (χ3n) is 1.93. The molecule has 7 nitrogen and oxygen atoms in total. The van der Waals surface area contributed by atoms with Crippen molar-refractivity contribution in [2.45, 2.75) is 19.5 Å². The van der Waals surface area contributed by atoms with Gasteiger partial charge in [-0.05, 0) is 6.92 Å². The highest BCUT2D eigenvalue weighted by Gasteiger charge is 2.37. The molecule has 0 aliphatic rings. The Morgan fingerprint density at radius 2 is 1.85 bits per heavy atom. The summed E-state index contributed by atoms with van der Waals surface area (Å²) in [6.07, 6.45) is -5.53. The number of alkyl halides is 3. The summed E-state index contributed by atoms with van der Waals surface area (Å²) in [6.45, 7) is -1.78. The van der Waals surface area contributed by atoms with Crippen molar-refractivity contribution < 1.29 is 41.0 Å². The van der Waals surface area contributed by atoms with Crippen LogP contribution in [-0.2, 0) is 24.3 Å². The molecule has 0 bridgehead atoms. The minimum absolute atomic E-state index is 0.000270. The van der Waals surface area contributed by atoms with Gasteiger partial charge in [-0.2, -0.15) is 17.5 Å². The summed E-state index contributed by atoms with van der Waals surface area (Å²) in [5, 5.41) is 8.44. The number of nitrogens with zero attached hydrogens (tertiary/aromatic N) is 1. The molecule has 20 heavy (non-hydrogen) atoms. The van der Waals surface area contributed by atoms with Crippen LogP contribution in [0.4, 0.5) is 13.2 Å². The van der Waals surface area contributed by atoms with E-state index in [1.54, 1.807) is 0 Å². The number of hydrogen-bond donors (Lipinski definition) is 1. The summed E-state index contributed by atoms with van der Waals surface area (Å²) < 4.78 is 64.1. The van der Waals surface area contributed by atoms with Gasteiger partial charge in [0, 0.05) is 0 Å². The minimum atomic E-state index is -4.88. The van der Waals surface area contributed by atoms with E-state index < -0.39 is 53.4 Å². The normalized spacial score (nSPS) is 12.4. The highest BCUT2D eigenvalue weighted by molar-refractivity contribution is 7.89. The zero-order valence-electron chi connectivity index (χ0n) is 10.5. The lowest BCUT2D eigenvalue weighted by Gasteiger charge is -2.21. The van der Waals surface area contributed by atoms with Crippen molar-refractivity contribution in [3.63, 3.8) is 0 Å². The fraction of sp³-hybridized carbons (Fsp3) is 0.778. The van der Waals surface area contributed by atoms with Crippen molar-refractivity contribution in [2.75, 3.05) is 25.4 Å². The van der Waals surface area contributed by atoms with Crippen molar-refractivity contribution in [3.05, 3.63) is 0 Å². The number of rotatable bonds is 8. The van der Waals surface area contributed by atoms with Crippen LogP contribution in [0.1, 0.15) is 13.3 Å². The van der Waals surface area contributed by atoms with E-state index in [9.17, 15) is 31.2 Å². The number of carbonyl (C=O) groups is 2. The Morgan fingerprint density at radius 1 is 1.30 bits per heavy atom. The number of carboxylic acids is 1. The van der Waals surface area contributed by atoms with Crippen LogP contribution in [0.15, 0.2) is 0 Å². The molecule has 0 aromatic rings. The first kappa shape index (κ1) is 18.6. The molecule has 1 N–H and O–H groups in total. The minimum Gasteiger partial charge on any atom is -0.480 e. The second-order valence-electron chi connectivity index (χ2n) is 3.65. The Labute approximate surface area is 113 Å². The predicted octanol–water partition coefficient (Wildman–Crippen LogP) is 0.218. The fourth-order valence-corrected chi connectivity index (χ4v) is 2.51. The third-order valence-corrected chi connectivity index (χ3v) is 3.70. The van der Waals surface area contributed by atoms with E-state index in [1.165, 1.54) is 6.92 Å². The summed E-state index contributed by atoms with van der Waals surface area (Å²) >= 11 is 0. The van der Waals surface area contributed by atoms with Gasteiger partial charge < -0.3 is 9.84 Å². The summed E-state index contributed by atoms with van der Waals surface area (Å²) in [6, 6.07) is 0. The number of carbonyl (C=O) groups excluding carboxylic acids is 1. The van der Waals surface area contributed by atoms with E-state index in [4.69, 9.17) is 5.11 Å². The van der Waals surface area contributed by atoms with Crippen molar-refractivity contribution in [2.24, 2.45) is 0 Å². The average molecular weight is 321 g/mol. The highest BCUT2D eigenvalue weighted by Crippen LogP contribution is 2.19. The number of halogens is 3. The van der Waals surface area contributed by atoms with Crippen LogP contribution in [0, 0.1) is 0 Å². The van der Waals surface area contributed by atoms with Gasteiger partial charge in [0.1, 0.15) is 13.1 Å². The van der Waals surface area contributed by atoms with Crippen molar-refractivity contribution in [3.8, 4) is 0 Å². The van der Waals surface area contributed by atoms with E-state index in [2.05, 4.69) is 4.74 Å². The third kappa shape index (κ3) is 7.94. The fourth-order valence-electron chi connectivity index (χ4n) is 1.18. The zero-order valence-corrected chi connectivity index (χ0v) is 11.3. The molecular formula is C9H14F3NO6S. The van der Waals surface area contributed by atoms with Crippen LogP contribution < -0.4 is 0 Å². The molecule has 0 unspecified atom stereocenters. The standard InChI is InChI=1S/C9H14F3NO6S/c1-2-19-8(16)3-4-20(17,18)13(5-7(14)15)6-9(10,11)12/h2-6H2,1H3,(H,14,15). The number of ether oxygens (including phenoxy) is 1. The molecule has 118 valence electrons. The van der Waals surface area contributed by atoms with Crippen molar-refractivity contribution in [1.29, 1.82) is 0 Å². The van der Waals surface area contributed by atoms with E-state index >= 15 is 0 Å². The maximum absolute atomic E-state index is 12.2. The van der Waals surface area contributed by atoms with E-state index in [0.717, 1.165) is 0 Å². The first-order valence-electron chi connectivity index (χ1n) is 5.40. The molecule has 0 spiro atoms. The first-order chi connectivity index (χ1) is 8.98. The molecule has 0 saturated heterocycles. The van der Waals surface area contributed by atoms with E-state index in [-0.39, 0.29) is 10.9 Å². The zero-order chi connectivity index (χ0) is 16.0. The molecule has 0 fully saturated rings. The largest absolute Gasteiger partial charge is 0.480 e. The van der Waals surface area contributed by atoms with Gasteiger partial charge >= 0.3 is 18.1 Å². The van der Waals surface area contributed by atoms with Gasteiger partial charge in [-0.3, -0.25) is 9.59 Å². The van der Waals surface area contributed by atoms with Gasteiger partial charge in [0.05, 0.1) is 18.8 Å². The molecular weight excluding hydrogens is 307 g/mol. The monoisotopic (exact) mass is 321 g/mol. The molecule has 0 rings (SSSR count). The van der Waals surface area contributed by atoms with Gasteiger partial charge in [0.25, 0.3) is 0 Å². The summed E-state index contributed by atoms with van der Waals surface area (Å²) in [7, 11) is -4.53. The maximum atomic E-state index is 12.2. The van der Waals surface area contributed by atoms with Gasteiger partial charge in [-0.25, -0.2) is 8.42 Å². The second-order valence-corrected chi connectivity index (χ2v) is 5.74. The number of hydrogen-bond acceptors (Lipinski definition) is 5. The molecule has 0 aliphatic heterocycles. The van der Waals surface area contributed by atoms with Crippen LogP contribution in [0.5, 0.6) is 0 Å². The molecule has 0 aromatic heterocycles. The Bertz CT molecular complexity index is 447. The smallest absolute Gasteiger partial charge is 0.402 e. The Hall–Kier alpha value is -1.36. The Morgan fingerprint density at radius 3 is 2.25 bits per heavy atom. The quantitative estimate of drug-likeness (QED) is 0.642. The van der Waals surface area contributed by atoms with E-state index in [0.29, 0.717) is 0 Å². The Balaban J connectivity index is 4.85. The lowest BCUT2D eigenvalue weighted by Crippen LogP contribution is -2.43. The van der Waals surface area contributed by atoms with Crippen molar-refractivity contribution >= 4 is 22.0 Å². The molecule has 11 heteroatoms. The number of aliphatic carboxylic acids is 1.